The summed E-state index contributed by atoms with van der Waals surface area (Å²) in [5.41, 5.74) is 1.26. The molecule has 0 bridgehead atoms. The minimum absolute atomic E-state index is 0.468. The molecule has 2 aromatic carbocycles. The minimum Gasteiger partial charge on any atom is -0.296 e. The molecule has 0 aliphatic rings. The summed E-state index contributed by atoms with van der Waals surface area (Å²) in [6, 6.07) is 13.2. The molecular weight excluding hydrogens is 234 g/mol. The Bertz CT molecular complexity index is 737. The zero-order valence-electron chi connectivity index (χ0n) is 8.85. The molecule has 3 rings (SSSR count). The quantitative estimate of drug-likeness (QED) is 0.478. The molecule has 0 atom stereocenters. The van der Waals surface area contributed by atoms with Crippen LogP contribution in [0.15, 0.2) is 42.5 Å². The third kappa shape index (κ3) is 1.58. The maximum Gasteiger partial charge on any atom is 0.169 e. The van der Waals surface area contributed by atoms with Crippen LogP contribution in [-0.4, -0.2) is 11.3 Å². The Morgan fingerprint density at radius 2 is 1.76 bits per heavy atom. The molecular formula is C14H8ClNO. The van der Waals surface area contributed by atoms with Gasteiger partial charge in [0.25, 0.3) is 0 Å². The number of carbonyl (C=O) groups is 1. The molecule has 0 saturated heterocycles. The molecule has 3 heteroatoms. The number of hydrogen-bond acceptors (Lipinski definition) is 2. The van der Waals surface area contributed by atoms with Gasteiger partial charge in [0.2, 0.25) is 0 Å². The van der Waals surface area contributed by atoms with Crippen molar-refractivity contribution in [2.24, 2.45) is 0 Å². The Morgan fingerprint density at radius 1 is 1.00 bits per heavy atom. The lowest BCUT2D eigenvalue weighted by Gasteiger charge is -2.05. The van der Waals surface area contributed by atoms with Gasteiger partial charge in [-0.25, -0.2) is 4.98 Å². The number of nitrogens with zero attached hydrogens (tertiary/aromatic N) is 1. The van der Waals surface area contributed by atoms with Gasteiger partial charge >= 0.3 is 0 Å². The third-order valence-corrected chi connectivity index (χ3v) is 3.04. The van der Waals surface area contributed by atoms with E-state index in [9.17, 15) is 4.79 Å². The van der Waals surface area contributed by atoms with Crippen LogP contribution in [0.3, 0.4) is 0 Å². The third-order valence-electron chi connectivity index (χ3n) is 2.80. The topological polar surface area (TPSA) is 30.0 Å². The van der Waals surface area contributed by atoms with Crippen molar-refractivity contribution in [1.29, 1.82) is 0 Å². The van der Waals surface area contributed by atoms with Crippen LogP contribution in [-0.2, 0) is 0 Å². The first kappa shape index (κ1) is 10.2. The molecule has 17 heavy (non-hydrogen) atoms. The van der Waals surface area contributed by atoms with Crippen molar-refractivity contribution in [2.75, 3.05) is 0 Å². The molecule has 0 radical (unpaired) electrons. The van der Waals surface area contributed by atoms with Gasteiger partial charge in [0, 0.05) is 15.8 Å². The monoisotopic (exact) mass is 241 g/mol. The Morgan fingerprint density at radius 3 is 2.53 bits per heavy atom. The van der Waals surface area contributed by atoms with Gasteiger partial charge in [0.1, 0.15) is 5.69 Å². The van der Waals surface area contributed by atoms with Crippen molar-refractivity contribution in [2.45, 2.75) is 0 Å². The number of benzene rings is 2. The van der Waals surface area contributed by atoms with E-state index in [1.54, 1.807) is 6.07 Å². The van der Waals surface area contributed by atoms with Crippen molar-refractivity contribution >= 4 is 39.6 Å². The van der Waals surface area contributed by atoms with Crippen molar-refractivity contribution in [3.8, 4) is 0 Å². The van der Waals surface area contributed by atoms with E-state index < -0.39 is 0 Å². The van der Waals surface area contributed by atoms with Crippen LogP contribution in [0, 0.1) is 0 Å². The number of fused-ring (bicyclic) bond motifs is 3. The average Bonchev–Trinajstić information content (AvgIpc) is 2.38. The summed E-state index contributed by atoms with van der Waals surface area (Å²) in [6.45, 7) is 0. The van der Waals surface area contributed by atoms with E-state index in [2.05, 4.69) is 4.98 Å². The van der Waals surface area contributed by atoms with Crippen molar-refractivity contribution in [3.63, 3.8) is 0 Å². The standard InChI is InChI=1S/C14H8ClNO/c15-9-5-6-13-12(7-9)10-3-1-2-4-11(10)14(8-17)16-13/h1-8H. The van der Waals surface area contributed by atoms with Gasteiger partial charge in [-0.2, -0.15) is 0 Å². The van der Waals surface area contributed by atoms with Gasteiger partial charge in [0.05, 0.1) is 5.52 Å². The Balaban J connectivity index is 2.60. The summed E-state index contributed by atoms with van der Waals surface area (Å²) in [5.74, 6) is 0. The van der Waals surface area contributed by atoms with Crippen LogP contribution in [0.1, 0.15) is 10.5 Å². The lowest BCUT2D eigenvalue weighted by Crippen LogP contribution is -1.91. The zero-order valence-corrected chi connectivity index (χ0v) is 9.61. The predicted molar refractivity (Wildman–Crippen MR) is 69.6 cm³/mol. The van der Waals surface area contributed by atoms with Crippen LogP contribution in [0.4, 0.5) is 0 Å². The molecule has 0 aliphatic carbocycles. The number of halogens is 1. The SMILES string of the molecule is O=Cc1nc2ccc(Cl)cc2c2ccccc12. The van der Waals surface area contributed by atoms with E-state index in [0.29, 0.717) is 10.7 Å². The molecule has 1 heterocycles. The molecule has 0 amide bonds. The van der Waals surface area contributed by atoms with Gasteiger partial charge in [-0.3, -0.25) is 4.79 Å². The average molecular weight is 242 g/mol. The molecule has 1 aromatic heterocycles. The van der Waals surface area contributed by atoms with Crippen LogP contribution in [0.25, 0.3) is 21.7 Å². The smallest absolute Gasteiger partial charge is 0.169 e. The minimum atomic E-state index is 0.468. The van der Waals surface area contributed by atoms with Crippen molar-refractivity contribution in [3.05, 3.63) is 53.2 Å². The molecule has 0 N–H and O–H groups in total. The molecule has 0 saturated carbocycles. The lowest BCUT2D eigenvalue weighted by molar-refractivity contribution is 0.112. The maximum atomic E-state index is 11.0. The van der Waals surface area contributed by atoms with Crippen molar-refractivity contribution < 1.29 is 4.79 Å². The number of carbonyl (C=O) groups excluding carboxylic acids is 1. The first-order valence-electron chi connectivity index (χ1n) is 5.23. The van der Waals surface area contributed by atoms with E-state index in [0.717, 1.165) is 28.0 Å². The first-order valence-corrected chi connectivity index (χ1v) is 5.60. The van der Waals surface area contributed by atoms with Gasteiger partial charge < -0.3 is 0 Å². The summed E-state index contributed by atoms with van der Waals surface area (Å²) in [6.07, 6.45) is 0.788. The summed E-state index contributed by atoms with van der Waals surface area (Å²) in [4.78, 5) is 15.4. The largest absolute Gasteiger partial charge is 0.296 e. The van der Waals surface area contributed by atoms with Crippen LogP contribution >= 0.6 is 11.6 Å². The molecule has 0 spiro atoms. The number of pyridine rings is 1. The van der Waals surface area contributed by atoms with E-state index in [1.807, 2.05) is 36.4 Å². The summed E-state index contributed by atoms with van der Waals surface area (Å²) < 4.78 is 0. The Kier molecular flexibility index (Phi) is 2.30. The van der Waals surface area contributed by atoms with Crippen LogP contribution < -0.4 is 0 Å². The van der Waals surface area contributed by atoms with Gasteiger partial charge in [-0.05, 0) is 23.6 Å². The van der Waals surface area contributed by atoms with Crippen LogP contribution in [0.5, 0.6) is 0 Å². The number of aromatic nitrogens is 1. The van der Waals surface area contributed by atoms with Gasteiger partial charge in [0.15, 0.2) is 6.29 Å². The van der Waals surface area contributed by atoms with E-state index in [1.165, 1.54) is 0 Å². The molecule has 2 nitrogen and oxygen atoms in total. The summed E-state index contributed by atoms with van der Waals surface area (Å²) >= 11 is 6.00. The normalized spacial score (nSPS) is 10.9. The number of aldehydes is 1. The highest BCUT2D eigenvalue weighted by Crippen LogP contribution is 2.27. The van der Waals surface area contributed by atoms with E-state index in [-0.39, 0.29) is 0 Å². The molecule has 0 aliphatic heterocycles. The second kappa shape index (κ2) is 3.82. The maximum absolute atomic E-state index is 11.0. The highest BCUT2D eigenvalue weighted by molar-refractivity contribution is 6.31. The van der Waals surface area contributed by atoms with Crippen molar-refractivity contribution in [1.82, 2.24) is 4.98 Å². The fourth-order valence-corrected chi connectivity index (χ4v) is 2.21. The summed E-state index contributed by atoms with van der Waals surface area (Å²) in [7, 11) is 0. The fourth-order valence-electron chi connectivity index (χ4n) is 2.04. The number of rotatable bonds is 1. The zero-order chi connectivity index (χ0) is 11.8. The van der Waals surface area contributed by atoms with E-state index in [4.69, 9.17) is 11.6 Å². The second-order valence-corrected chi connectivity index (χ2v) is 4.26. The first-order chi connectivity index (χ1) is 8.29. The van der Waals surface area contributed by atoms with Gasteiger partial charge in [-0.15, -0.1) is 0 Å². The Labute approximate surface area is 103 Å². The van der Waals surface area contributed by atoms with Gasteiger partial charge in [-0.1, -0.05) is 35.9 Å². The lowest BCUT2D eigenvalue weighted by atomic mass is 10.0. The summed E-state index contributed by atoms with van der Waals surface area (Å²) in [5, 5.41) is 3.50. The molecule has 0 unspecified atom stereocenters. The fraction of sp³-hybridized carbons (Fsp3) is 0. The molecule has 0 fully saturated rings. The highest BCUT2D eigenvalue weighted by atomic mass is 35.5. The van der Waals surface area contributed by atoms with E-state index >= 15 is 0 Å². The second-order valence-electron chi connectivity index (χ2n) is 3.82. The predicted octanol–water partition coefficient (Wildman–Crippen LogP) is 3.85. The van der Waals surface area contributed by atoms with Crippen LogP contribution in [0.2, 0.25) is 5.02 Å². The highest BCUT2D eigenvalue weighted by Gasteiger charge is 2.07. The Hall–Kier alpha value is -1.93. The molecule has 82 valence electrons. The number of hydrogen-bond donors (Lipinski definition) is 0. The molecule has 3 aromatic rings.